The molecule has 2 amide bonds. The standard InChI is InChI=1S/C23H22BrN3O2/c1-27(2)21-12-11-19(26-22(28)17-9-6-10-18(24)13-17)14-20(21)23(29)25-15-16-7-4-3-5-8-16/h3-14H,15H2,1-2H3,(H,25,29)(H,26,28). The monoisotopic (exact) mass is 451 g/mol. The van der Waals surface area contributed by atoms with E-state index >= 15 is 0 Å². The van der Waals surface area contributed by atoms with Crippen LogP contribution in [0, 0.1) is 0 Å². The Balaban J connectivity index is 1.80. The van der Waals surface area contributed by atoms with Crippen LogP contribution in [0.4, 0.5) is 11.4 Å². The Labute approximate surface area is 178 Å². The van der Waals surface area contributed by atoms with Crippen LogP contribution in [-0.2, 0) is 6.54 Å². The molecule has 0 spiro atoms. The molecule has 0 aliphatic carbocycles. The van der Waals surface area contributed by atoms with E-state index in [0.717, 1.165) is 15.7 Å². The first-order chi connectivity index (χ1) is 13.9. The van der Waals surface area contributed by atoms with Crippen LogP contribution >= 0.6 is 15.9 Å². The minimum Gasteiger partial charge on any atom is -0.377 e. The number of benzene rings is 3. The lowest BCUT2D eigenvalue weighted by molar-refractivity contribution is 0.0950. The third-order valence-corrected chi connectivity index (χ3v) is 4.86. The fraction of sp³-hybridized carbons (Fsp3) is 0.130. The van der Waals surface area contributed by atoms with Gasteiger partial charge < -0.3 is 15.5 Å². The van der Waals surface area contributed by atoms with Crippen molar-refractivity contribution in [1.82, 2.24) is 5.32 Å². The lowest BCUT2D eigenvalue weighted by atomic mass is 10.1. The molecule has 3 aromatic carbocycles. The Bertz CT molecular complexity index is 1020. The maximum absolute atomic E-state index is 12.8. The van der Waals surface area contributed by atoms with Gasteiger partial charge in [0.15, 0.2) is 0 Å². The van der Waals surface area contributed by atoms with Gasteiger partial charge in [-0.15, -0.1) is 0 Å². The number of amides is 2. The summed E-state index contributed by atoms with van der Waals surface area (Å²) in [6.45, 7) is 0.432. The first-order valence-corrected chi connectivity index (χ1v) is 9.94. The zero-order valence-electron chi connectivity index (χ0n) is 16.3. The summed E-state index contributed by atoms with van der Waals surface area (Å²) in [5, 5.41) is 5.81. The smallest absolute Gasteiger partial charge is 0.255 e. The second kappa shape index (κ2) is 9.39. The van der Waals surface area contributed by atoms with Gasteiger partial charge in [-0.25, -0.2) is 0 Å². The molecule has 0 saturated carbocycles. The Morgan fingerprint density at radius 2 is 1.66 bits per heavy atom. The van der Waals surface area contributed by atoms with Crippen molar-refractivity contribution in [2.24, 2.45) is 0 Å². The number of nitrogens with one attached hydrogen (secondary N) is 2. The van der Waals surface area contributed by atoms with Gasteiger partial charge in [-0.3, -0.25) is 9.59 Å². The second-order valence-electron chi connectivity index (χ2n) is 6.76. The number of anilines is 2. The predicted octanol–water partition coefficient (Wildman–Crippen LogP) is 4.70. The molecule has 3 rings (SSSR count). The van der Waals surface area contributed by atoms with Gasteiger partial charge in [0.2, 0.25) is 0 Å². The van der Waals surface area contributed by atoms with Gasteiger partial charge in [0.1, 0.15) is 0 Å². The number of nitrogens with zero attached hydrogens (tertiary/aromatic N) is 1. The van der Waals surface area contributed by atoms with E-state index in [0.29, 0.717) is 23.4 Å². The number of carbonyl (C=O) groups is 2. The third-order valence-electron chi connectivity index (χ3n) is 4.36. The van der Waals surface area contributed by atoms with Crippen molar-refractivity contribution in [2.45, 2.75) is 6.54 Å². The maximum Gasteiger partial charge on any atom is 0.255 e. The lowest BCUT2D eigenvalue weighted by Gasteiger charge is -2.18. The van der Waals surface area contributed by atoms with Crippen LogP contribution in [0.5, 0.6) is 0 Å². The Hall–Kier alpha value is -3.12. The quantitative estimate of drug-likeness (QED) is 0.570. The van der Waals surface area contributed by atoms with Gasteiger partial charge in [-0.2, -0.15) is 0 Å². The van der Waals surface area contributed by atoms with Crippen molar-refractivity contribution >= 4 is 39.1 Å². The predicted molar refractivity (Wildman–Crippen MR) is 120 cm³/mol. The molecule has 0 atom stereocenters. The van der Waals surface area contributed by atoms with Crippen LogP contribution in [-0.4, -0.2) is 25.9 Å². The summed E-state index contributed by atoms with van der Waals surface area (Å²) in [5.74, 6) is -0.435. The highest BCUT2D eigenvalue weighted by Crippen LogP contribution is 2.24. The highest BCUT2D eigenvalue weighted by atomic mass is 79.9. The van der Waals surface area contributed by atoms with E-state index in [2.05, 4.69) is 26.6 Å². The summed E-state index contributed by atoms with van der Waals surface area (Å²) in [4.78, 5) is 27.2. The van der Waals surface area contributed by atoms with Crippen LogP contribution in [0.3, 0.4) is 0 Å². The highest BCUT2D eigenvalue weighted by Gasteiger charge is 2.15. The summed E-state index contributed by atoms with van der Waals surface area (Å²) in [7, 11) is 3.76. The van der Waals surface area contributed by atoms with Crippen LogP contribution < -0.4 is 15.5 Å². The van der Waals surface area contributed by atoms with Crippen molar-refractivity contribution in [2.75, 3.05) is 24.3 Å². The minimum atomic E-state index is -0.237. The molecule has 0 aliphatic heterocycles. The average molecular weight is 452 g/mol. The lowest BCUT2D eigenvalue weighted by Crippen LogP contribution is -2.25. The Morgan fingerprint density at radius 3 is 2.34 bits per heavy atom. The molecule has 0 radical (unpaired) electrons. The molecule has 29 heavy (non-hydrogen) atoms. The van der Waals surface area contributed by atoms with Gasteiger partial charge in [0, 0.05) is 42.1 Å². The van der Waals surface area contributed by atoms with Crippen LogP contribution in [0.25, 0.3) is 0 Å². The third kappa shape index (κ3) is 5.45. The largest absolute Gasteiger partial charge is 0.377 e. The van der Waals surface area contributed by atoms with Gasteiger partial charge in [-0.05, 0) is 42.0 Å². The van der Waals surface area contributed by atoms with E-state index in [1.807, 2.05) is 61.5 Å². The normalized spacial score (nSPS) is 10.3. The molecular formula is C23H22BrN3O2. The first kappa shape index (κ1) is 20.6. The molecule has 5 nitrogen and oxygen atoms in total. The highest BCUT2D eigenvalue weighted by molar-refractivity contribution is 9.10. The summed E-state index contributed by atoms with van der Waals surface area (Å²) < 4.78 is 0.828. The molecular weight excluding hydrogens is 430 g/mol. The van der Waals surface area contributed by atoms with Crippen LogP contribution in [0.1, 0.15) is 26.3 Å². The Kier molecular flexibility index (Phi) is 6.67. The molecule has 148 valence electrons. The minimum absolute atomic E-state index is 0.198. The topological polar surface area (TPSA) is 61.4 Å². The van der Waals surface area contributed by atoms with Crippen molar-refractivity contribution in [3.05, 3.63) is 94.0 Å². The van der Waals surface area contributed by atoms with Crippen molar-refractivity contribution in [1.29, 1.82) is 0 Å². The molecule has 0 fully saturated rings. The fourth-order valence-corrected chi connectivity index (χ4v) is 3.29. The maximum atomic E-state index is 12.8. The first-order valence-electron chi connectivity index (χ1n) is 9.14. The van der Waals surface area contributed by atoms with Gasteiger partial charge in [-0.1, -0.05) is 52.3 Å². The summed E-state index contributed by atoms with van der Waals surface area (Å²) in [6.07, 6.45) is 0. The summed E-state index contributed by atoms with van der Waals surface area (Å²) in [6, 6.07) is 22.2. The molecule has 0 aliphatic rings. The van der Waals surface area contributed by atoms with E-state index < -0.39 is 0 Å². The average Bonchev–Trinajstić information content (AvgIpc) is 2.72. The van der Waals surface area contributed by atoms with Gasteiger partial charge in [0.05, 0.1) is 5.56 Å². The van der Waals surface area contributed by atoms with E-state index in [4.69, 9.17) is 0 Å². The van der Waals surface area contributed by atoms with E-state index in [1.54, 1.807) is 30.3 Å². The van der Waals surface area contributed by atoms with E-state index in [1.165, 1.54) is 0 Å². The zero-order valence-corrected chi connectivity index (χ0v) is 17.9. The molecule has 0 unspecified atom stereocenters. The molecule has 0 aromatic heterocycles. The number of rotatable bonds is 6. The number of halogens is 1. The SMILES string of the molecule is CN(C)c1ccc(NC(=O)c2cccc(Br)c2)cc1C(=O)NCc1ccccc1. The molecule has 0 bridgehead atoms. The molecule has 0 heterocycles. The zero-order chi connectivity index (χ0) is 20.8. The van der Waals surface area contributed by atoms with E-state index in [-0.39, 0.29) is 11.8 Å². The van der Waals surface area contributed by atoms with Gasteiger partial charge in [0.25, 0.3) is 11.8 Å². The molecule has 2 N–H and O–H groups in total. The number of hydrogen-bond acceptors (Lipinski definition) is 3. The molecule has 6 heteroatoms. The van der Waals surface area contributed by atoms with Crippen LogP contribution in [0.15, 0.2) is 77.3 Å². The number of hydrogen-bond donors (Lipinski definition) is 2. The fourth-order valence-electron chi connectivity index (χ4n) is 2.89. The van der Waals surface area contributed by atoms with Gasteiger partial charge >= 0.3 is 0 Å². The Morgan fingerprint density at radius 1 is 0.897 bits per heavy atom. The molecule has 0 saturated heterocycles. The van der Waals surface area contributed by atoms with Crippen molar-refractivity contribution in [3.63, 3.8) is 0 Å². The van der Waals surface area contributed by atoms with E-state index in [9.17, 15) is 9.59 Å². The molecule has 3 aromatic rings. The summed E-state index contributed by atoms with van der Waals surface area (Å²) >= 11 is 3.37. The summed E-state index contributed by atoms with van der Waals surface area (Å²) in [5.41, 5.74) is 3.39. The number of carbonyl (C=O) groups excluding carboxylic acids is 2. The van der Waals surface area contributed by atoms with Crippen LogP contribution in [0.2, 0.25) is 0 Å². The van der Waals surface area contributed by atoms with Crippen molar-refractivity contribution in [3.8, 4) is 0 Å². The van der Waals surface area contributed by atoms with Crippen molar-refractivity contribution < 1.29 is 9.59 Å². The second-order valence-corrected chi connectivity index (χ2v) is 7.67.